The Kier molecular flexibility index (Phi) is 4.81. The molecule has 0 saturated carbocycles. The van der Waals surface area contributed by atoms with E-state index in [2.05, 4.69) is 32.9 Å². The van der Waals surface area contributed by atoms with Gasteiger partial charge in [-0.25, -0.2) is 0 Å². The van der Waals surface area contributed by atoms with Gasteiger partial charge < -0.3 is 9.47 Å². The quantitative estimate of drug-likeness (QED) is 0.705. The SMILES string of the molecule is COC(C)Oc1ccc(C(C)C(C)C)cc1. The van der Waals surface area contributed by atoms with Crippen molar-refractivity contribution in [1.29, 1.82) is 0 Å². The Balaban J connectivity index is 2.68. The lowest BCUT2D eigenvalue weighted by atomic mass is 9.90. The molecule has 0 saturated heterocycles. The predicted molar refractivity (Wildman–Crippen MR) is 66.8 cm³/mol. The third kappa shape index (κ3) is 3.53. The maximum Gasteiger partial charge on any atom is 0.196 e. The van der Waals surface area contributed by atoms with Crippen LogP contribution in [-0.2, 0) is 4.74 Å². The molecule has 2 heteroatoms. The zero-order valence-electron chi connectivity index (χ0n) is 10.9. The fraction of sp³-hybridized carbons (Fsp3) is 0.571. The molecule has 16 heavy (non-hydrogen) atoms. The molecule has 0 aromatic heterocycles. The first-order chi connectivity index (χ1) is 7.54. The molecule has 0 aliphatic carbocycles. The molecule has 0 heterocycles. The van der Waals surface area contributed by atoms with E-state index in [1.807, 2.05) is 19.1 Å². The second-order valence-corrected chi connectivity index (χ2v) is 4.52. The summed E-state index contributed by atoms with van der Waals surface area (Å²) in [6.45, 7) is 8.60. The van der Waals surface area contributed by atoms with Crippen molar-refractivity contribution in [2.75, 3.05) is 7.11 Å². The molecular formula is C14H22O2. The van der Waals surface area contributed by atoms with Crippen LogP contribution in [0.3, 0.4) is 0 Å². The second-order valence-electron chi connectivity index (χ2n) is 4.52. The van der Waals surface area contributed by atoms with Gasteiger partial charge in [-0.1, -0.05) is 32.9 Å². The van der Waals surface area contributed by atoms with Crippen molar-refractivity contribution in [3.05, 3.63) is 29.8 Å². The van der Waals surface area contributed by atoms with Gasteiger partial charge in [-0.05, 0) is 36.5 Å². The van der Waals surface area contributed by atoms with Gasteiger partial charge in [0.2, 0.25) is 0 Å². The van der Waals surface area contributed by atoms with E-state index < -0.39 is 0 Å². The summed E-state index contributed by atoms with van der Waals surface area (Å²) in [6.07, 6.45) is -0.201. The normalized spacial score (nSPS) is 14.9. The van der Waals surface area contributed by atoms with Gasteiger partial charge in [0.1, 0.15) is 5.75 Å². The minimum Gasteiger partial charge on any atom is -0.465 e. The minimum absolute atomic E-state index is 0.201. The van der Waals surface area contributed by atoms with Crippen LogP contribution in [0, 0.1) is 5.92 Å². The lowest BCUT2D eigenvalue weighted by molar-refractivity contribution is -0.0382. The molecule has 2 atom stereocenters. The van der Waals surface area contributed by atoms with Crippen LogP contribution in [0.25, 0.3) is 0 Å². The van der Waals surface area contributed by atoms with Gasteiger partial charge in [0.25, 0.3) is 0 Å². The molecule has 0 spiro atoms. The molecule has 90 valence electrons. The van der Waals surface area contributed by atoms with Crippen molar-refractivity contribution in [3.63, 3.8) is 0 Å². The number of ether oxygens (including phenoxy) is 2. The molecule has 0 N–H and O–H groups in total. The summed E-state index contributed by atoms with van der Waals surface area (Å²) in [5.74, 6) is 2.09. The topological polar surface area (TPSA) is 18.5 Å². The third-order valence-corrected chi connectivity index (χ3v) is 3.04. The van der Waals surface area contributed by atoms with Crippen LogP contribution in [0.15, 0.2) is 24.3 Å². The summed E-state index contributed by atoms with van der Waals surface area (Å²) in [6, 6.07) is 8.26. The van der Waals surface area contributed by atoms with E-state index in [0.717, 1.165) is 5.75 Å². The molecule has 1 aromatic carbocycles. The molecule has 0 bridgehead atoms. The van der Waals surface area contributed by atoms with E-state index in [-0.39, 0.29) is 6.29 Å². The van der Waals surface area contributed by atoms with E-state index in [9.17, 15) is 0 Å². The van der Waals surface area contributed by atoms with Crippen LogP contribution in [0.5, 0.6) is 5.75 Å². The first kappa shape index (κ1) is 13.0. The Morgan fingerprint density at radius 3 is 1.94 bits per heavy atom. The molecule has 2 nitrogen and oxygen atoms in total. The number of hydrogen-bond acceptors (Lipinski definition) is 2. The third-order valence-electron chi connectivity index (χ3n) is 3.04. The van der Waals surface area contributed by atoms with E-state index in [0.29, 0.717) is 11.8 Å². The van der Waals surface area contributed by atoms with Gasteiger partial charge in [0.05, 0.1) is 0 Å². The van der Waals surface area contributed by atoms with Gasteiger partial charge in [0.15, 0.2) is 6.29 Å². The largest absolute Gasteiger partial charge is 0.465 e. The van der Waals surface area contributed by atoms with E-state index in [1.54, 1.807) is 7.11 Å². The number of benzene rings is 1. The predicted octanol–water partition coefficient (Wildman–Crippen LogP) is 3.82. The summed E-state index contributed by atoms with van der Waals surface area (Å²) in [5, 5.41) is 0. The Hall–Kier alpha value is -1.02. The van der Waals surface area contributed by atoms with Gasteiger partial charge in [-0.2, -0.15) is 0 Å². The summed E-state index contributed by atoms with van der Waals surface area (Å²) >= 11 is 0. The van der Waals surface area contributed by atoms with Crippen LogP contribution < -0.4 is 4.74 Å². The molecule has 0 radical (unpaired) electrons. The van der Waals surface area contributed by atoms with E-state index >= 15 is 0 Å². The molecule has 0 aliphatic rings. The zero-order valence-corrected chi connectivity index (χ0v) is 10.9. The molecular weight excluding hydrogens is 200 g/mol. The molecule has 0 amide bonds. The summed E-state index contributed by atoms with van der Waals surface area (Å²) < 4.78 is 10.6. The van der Waals surface area contributed by atoms with Crippen molar-refractivity contribution in [2.45, 2.75) is 39.9 Å². The van der Waals surface area contributed by atoms with Crippen LogP contribution in [0.1, 0.15) is 39.2 Å². The smallest absolute Gasteiger partial charge is 0.196 e. The average molecular weight is 222 g/mol. The van der Waals surface area contributed by atoms with Gasteiger partial charge in [0, 0.05) is 7.11 Å². The maximum atomic E-state index is 5.54. The Bertz CT molecular complexity index is 303. The fourth-order valence-electron chi connectivity index (χ4n) is 1.47. The highest BCUT2D eigenvalue weighted by Gasteiger charge is 2.10. The Labute approximate surface area is 98.6 Å². The summed E-state index contributed by atoms with van der Waals surface area (Å²) in [5.41, 5.74) is 1.35. The first-order valence-electron chi connectivity index (χ1n) is 5.84. The fourth-order valence-corrected chi connectivity index (χ4v) is 1.47. The number of methoxy groups -OCH3 is 1. The van der Waals surface area contributed by atoms with Gasteiger partial charge in [-0.15, -0.1) is 0 Å². The molecule has 2 unspecified atom stereocenters. The molecule has 1 rings (SSSR count). The standard InChI is InChI=1S/C14H22O2/c1-10(2)11(3)13-6-8-14(9-7-13)16-12(4)15-5/h6-12H,1-5H3. The number of rotatable bonds is 5. The van der Waals surface area contributed by atoms with Crippen molar-refractivity contribution < 1.29 is 9.47 Å². The van der Waals surface area contributed by atoms with Crippen LogP contribution in [0.4, 0.5) is 0 Å². The highest BCUT2D eigenvalue weighted by Crippen LogP contribution is 2.25. The highest BCUT2D eigenvalue weighted by atomic mass is 16.7. The zero-order chi connectivity index (χ0) is 12.1. The lowest BCUT2D eigenvalue weighted by Gasteiger charge is -2.17. The van der Waals surface area contributed by atoms with Gasteiger partial charge >= 0.3 is 0 Å². The monoisotopic (exact) mass is 222 g/mol. The Morgan fingerprint density at radius 2 is 1.50 bits per heavy atom. The van der Waals surface area contributed by atoms with Crippen LogP contribution in [0.2, 0.25) is 0 Å². The summed E-state index contributed by atoms with van der Waals surface area (Å²) in [4.78, 5) is 0. The lowest BCUT2D eigenvalue weighted by Crippen LogP contribution is -2.13. The highest BCUT2D eigenvalue weighted by molar-refractivity contribution is 5.29. The minimum atomic E-state index is -0.201. The Morgan fingerprint density at radius 1 is 0.938 bits per heavy atom. The van der Waals surface area contributed by atoms with Crippen LogP contribution in [-0.4, -0.2) is 13.4 Å². The van der Waals surface area contributed by atoms with Crippen molar-refractivity contribution in [1.82, 2.24) is 0 Å². The maximum absolute atomic E-state index is 5.54. The second kappa shape index (κ2) is 5.90. The average Bonchev–Trinajstić information content (AvgIpc) is 2.28. The van der Waals surface area contributed by atoms with Crippen molar-refractivity contribution in [2.24, 2.45) is 5.92 Å². The van der Waals surface area contributed by atoms with Gasteiger partial charge in [-0.3, -0.25) is 0 Å². The van der Waals surface area contributed by atoms with E-state index in [4.69, 9.17) is 9.47 Å². The van der Waals surface area contributed by atoms with Crippen molar-refractivity contribution in [3.8, 4) is 5.75 Å². The molecule has 1 aromatic rings. The molecule has 0 fully saturated rings. The molecule has 0 aliphatic heterocycles. The first-order valence-corrected chi connectivity index (χ1v) is 5.84. The van der Waals surface area contributed by atoms with Crippen LogP contribution >= 0.6 is 0 Å². The van der Waals surface area contributed by atoms with E-state index in [1.165, 1.54) is 5.56 Å². The number of hydrogen-bond donors (Lipinski definition) is 0. The summed E-state index contributed by atoms with van der Waals surface area (Å²) in [7, 11) is 1.64. The van der Waals surface area contributed by atoms with Crippen molar-refractivity contribution >= 4 is 0 Å².